The number of rotatable bonds is 1. The van der Waals surface area contributed by atoms with Gasteiger partial charge in [0.1, 0.15) is 0 Å². The first-order valence-electron chi connectivity index (χ1n) is 6.51. The van der Waals surface area contributed by atoms with Crippen molar-refractivity contribution < 1.29 is 0 Å². The van der Waals surface area contributed by atoms with Gasteiger partial charge in [-0.05, 0) is 42.5 Å². The van der Waals surface area contributed by atoms with Gasteiger partial charge >= 0.3 is 0 Å². The Hall–Kier alpha value is -2.59. The van der Waals surface area contributed by atoms with Crippen molar-refractivity contribution in [1.82, 2.24) is 14.5 Å². The van der Waals surface area contributed by atoms with Crippen LogP contribution in [0, 0.1) is 0 Å². The summed E-state index contributed by atoms with van der Waals surface area (Å²) in [5.41, 5.74) is 9.68. The number of anilines is 1. The Balaban J connectivity index is 2.03. The summed E-state index contributed by atoms with van der Waals surface area (Å²) in [6.45, 7) is 0. The van der Waals surface area contributed by atoms with Gasteiger partial charge in [-0.2, -0.15) is 0 Å². The highest BCUT2D eigenvalue weighted by molar-refractivity contribution is 6.31. The maximum atomic E-state index is 6.09. The van der Waals surface area contributed by atoms with Gasteiger partial charge in [-0.15, -0.1) is 0 Å². The van der Waals surface area contributed by atoms with Crippen LogP contribution in [0.25, 0.3) is 27.6 Å². The van der Waals surface area contributed by atoms with Gasteiger partial charge < -0.3 is 5.73 Å². The second kappa shape index (κ2) is 4.46. The van der Waals surface area contributed by atoms with E-state index in [-0.39, 0.29) is 0 Å². The van der Waals surface area contributed by atoms with E-state index in [1.54, 1.807) is 6.20 Å². The van der Waals surface area contributed by atoms with E-state index in [4.69, 9.17) is 17.3 Å². The lowest BCUT2D eigenvalue weighted by molar-refractivity contribution is 1.11. The van der Waals surface area contributed by atoms with E-state index in [1.165, 1.54) is 0 Å². The lowest BCUT2D eigenvalue weighted by atomic mass is 10.2. The highest BCUT2D eigenvalue weighted by atomic mass is 35.5. The lowest BCUT2D eigenvalue weighted by Crippen LogP contribution is -2.00. The quantitative estimate of drug-likeness (QED) is 0.581. The number of nitrogen functional groups attached to an aromatic ring is 1. The molecule has 0 aliphatic rings. The van der Waals surface area contributed by atoms with Crippen molar-refractivity contribution in [3.05, 3.63) is 59.8 Å². The summed E-state index contributed by atoms with van der Waals surface area (Å²) in [6.07, 6.45) is 1.78. The first-order valence-corrected chi connectivity index (χ1v) is 6.89. The molecule has 0 atom stereocenters. The smallest absolute Gasteiger partial charge is 0.205 e. The van der Waals surface area contributed by atoms with Crippen LogP contribution in [0.15, 0.2) is 54.7 Å². The second-order valence-corrected chi connectivity index (χ2v) is 5.26. The molecule has 0 amide bonds. The normalized spacial score (nSPS) is 11.3. The molecule has 4 nitrogen and oxygen atoms in total. The van der Waals surface area contributed by atoms with Gasteiger partial charge in [-0.1, -0.05) is 17.7 Å². The molecule has 0 saturated heterocycles. The van der Waals surface area contributed by atoms with Crippen LogP contribution in [-0.2, 0) is 0 Å². The average molecular weight is 295 g/mol. The van der Waals surface area contributed by atoms with E-state index in [9.17, 15) is 0 Å². The predicted octanol–water partition coefficient (Wildman–Crippen LogP) is 3.81. The fraction of sp³-hybridized carbons (Fsp3) is 0. The summed E-state index contributed by atoms with van der Waals surface area (Å²) in [4.78, 5) is 8.70. The molecule has 0 bridgehead atoms. The molecule has 0 unspecified atom stereocenters. The van der Waals surface area contributed by atoms with Gasteiger partial charge in [0.05, 0.1) is 16.6 Å². The maximum absolute atomic E-state index is 6.09. The third-order valence-corrected chi connectivity index (χ3v) is 3.72. The first kappa shape index (κ1) is 12.2. The van der Waals surface area contributed by atoms with Crippen molar-refractivity contribution in [2.45, 2.75) is 0 Å². The summed E-state index contributed by atoms with van der Waals surface area (Å²) in [7, 11) is 0. The fourth-order valence-corrected chi connectivity index (χ4v) is 2.71. The van der Waals surface area contributed by atoms with Crippen LogP contribution in [0.4, 0.5) is 5.95 Å². The minimum Gasteiger partial charge on any atom is -0.369 e. The van der Waals surface area contributed by atoms with Crippen molar-refractivity contribution in [3.63, 3.8) is 0 Å². The van der Waals surface area contributed by atoms with Gasteiger partial charge in [-0.25, -0.2) is 4.98 Å². The molecule has 0 spiro atoms. The van der Waals surface area contributed by atoms with Crippen molar-refractivity contribution >= 4 is 39.5 Å². The molecular formula is C16H11ClN4. The molecule has 4 aromatic rings. The molecule has 0 radical (unpaired) electrons. The summed E-state index contributed by atoms with van der Waals surface area (Å²) in [6, 6.07) is 15.5. The molecule has 0 fully saturated rings. The van der Waals surface area contributed by atoms with E-state index >= 15 is 0 Å². The molecule has 21 heavy (non-hydrogen) atoms. The number of hydrogen-bond acceptors (Lipinski definition) is 3. The van der Waals surface area contributed by atoms with E-state index in [1.807, 2.05) is 53.1 Å². The van der Waals surface area contributed by atoms with Crippen LogP contribution in [-0.4, -0.2) is 14.5 Å². The Morgan fingerprint density at radius 3 is 2.76 bits per heavy atom. The number of benzene rings is 2. The van der Waals surface area contributed by atoms with Crippen LogP contribution in [0.2, 0.25) is 5.02 Å². The molecule has 0 saturated carbocycles. The maximum Gasteiger partial charge on any atom is 0.205 e. The number of halogens is 1. The number of pyridine rings is 1. The van der Waals surface area contributed by atoms with Crippen molar-refractivity contribution in [1.29, 1.82) is 0 Å². The zero-order chi connectivity index (χ0) is 14.4. The number of hydrogen-bond donors (Lipinski definition) is 1. The van der Waals surface area contributed by atoms with Gasteiger partial charge in [0.25, 0.3) is 0 Å². The van der Waals surface area contributed by atoms with Crippen LogP contribution in [0.3, 0.4) is 0 Å². The Morgan fingerprint density at radius 1 is 1.00 bits per heavy atom. The highest BCUT2D eigenvalue weighted by Gasteiger charge is 2.11. The molecule has 2 aromatic carbocycles. The van der Waals surface area contributed by atoms with Crippen molar-refractivity contribution in [2.24, 2.45) is 0 Å². The highest BCUT2D eigenvalue weighted by Crippen LogP contribution is 2.27. The monoisotopic (exact) mass is 294 g/mol. The first-order chi connectivity index (χ1) is 10.2. The van der Waals surface area contributed by atoms with E-state index < -0.39 is 0 Å². The Morgan fingerprint density at radius 2 is 1.86 bits per heavy atom. The SMILES string of the molecule is Nc1nc2ccc(Cl)cc2n1-c1ccc2ncccc2c1. The molecule has 102 valence electrons. The van der Waals surface area contributed by atoms with Gasteiger partial charge in [0, 0.05) is 22.3 Å². The zero-order valence-electron chi connectivity index (χ0n) is 11.0. The van der Waals surface area contributed by atoms with Crippen molar-refractivity contribution in [3.8, 4) is 5.69 Å². The third-order valence-electron chi connectivity index (χ3n) is 3.49. The molecule has 2 aromatic heterocycles. The van der Waals surface area contributed by atoms with E-state index in [0.717, 1.165) is 27.6 Å². The summed E-state index contributed by atoms with van der Waals surface area (Å²) >= 11 is 6.09. The average Bonchev–Trinajstić information content (AvgIpc) is 2.82. The number of aromatic nitrogens is 3. The molecule has 4 rings (SSSR count). The van der Waals surface area contributed by atoms with Gasteiger partial charge in [0.2, 0.25) is 5.95 Å². The number of nitrogens with zero attached hydrogens (tertiary/aromatic N) is 3. The predicted molar refractivity (Wildman–Crippen MR) is 85.8 cm³/mol. The van der Waals surface area contributed by atoms with Crippen LogP contribution in [0.1, 0.15) is 0 Å². The standard InChI is InChI=1S/C16H11ClN4/c17-11-3-5-14-15(9-11)21(16(18)20-14)12-4-6-13-10(8-12)2-1-7-19-13/h1-9H,(H2,18,20). The Labute approximate surface area is 125 Å². The minimum absolute atomic E-state index is 0.440. The molecule has 0 aliphatic heterocycles. The number of imidazole rings is 1. The fourth-order valence-electron chi connectivity index (χ4n) is 2.54. The Bertz CT molecular complexity index is 975. The molecular weight excluding hydrogens is 284 g/mol. The second-order valence-electron chi connectivity index (χ2n) is 4.82. The van der Waals surface area contributed by atoms with Crippen LogP contribution in [0.5, 0.6) is 0 Å². The van der Waals surface area contributed by atoms with Crippen LogP contribution >= 0.6 is 11.6 Å². The van der Waals surface area contributed by atoms with Crippen molar-refractivity contribution in [2.75, 3.05) is 5.73 Å². The van der Waals surface area contributed by atoms with Gasteiger partial charge in [-0.3, -0.25) is 9.55 Å². The van der Waals surface area contributed by atoms with Gasteiger partial charge in [0.15, 0.2) is 0 Å². The molecule has 2 N–H and O–H groups in total. The largest absolute Gasteiger partial charge is 0.369 e. The van der Waals surface area contributed by atoms with Crippen LogP contribution < -0.4 is 5.73 Å². The topological polar surface area (TPSA) is 56.7 Å². The molecule has 0 aliphatic carbocycles. The van der Waals surface area contributed by atoms with E-state index in [2.05, 4.69) is 9.97 Å². The summed E-state index contributed by atoms with van der Waals surface area (Å²) < 4.78 is 1.90. The number of nitrogens with two attached hydrogens (primary N) is 1. The molecule has 2 heterocycles. The Kier molecular flexibility index (Phi) is 2.59. The third kappa shape index (κ3) is 1.92. The lowest BCUT2D eigenvalue weighted by Gasteiger charge is -2.08. The zero-order valence-corrected chi connectivity index (χ0v) is 11.7. The number of fused-ring (bicyclic) bond motifs is 2. The molecule has 5 heteroatoms. The van der Waals surface area contributed by atoms with E-state index in [0.29, 0.717) is 11.0 Å². The summed E-state index contributed by atoms with van der Waals surface area (Å²) in [5.74, 6) is 0.440. The minimum atomic E-state index is 0.440. The summed E-state index contributed by atoms with van der Waals surface area (Å²) in [5, 5.41) is 1.71.